The Bertz CT molecular complexity index is 2670. The molecule has 9 aromatic rings. The molecule has 0 N–H and O–H groups in total. The van der Waals surface area contributed by atoms with Gasteiger partial charge in [-0.1, -0.05) is 140 Å². The highest BCUT2D eigenvalue weighted by Gasteiger charge is 2.24. The summed E-state index contributed by atoms with van der Waals surface area (Å²) < 4.78 is 6.69. The first-order valence-corrected chi connectivity index (χ1v) is 15.5. The van der Waals surface area contributed by atoms with Gasteiger partial charge in [-0.3, -0.25) is 0 Å². The Morgan fingerprint density at radius 2 is 1.00 bits per heavy atom. The maximum Gasteiger partial charge on any atom is 0.143 e. The smallest absolute Gasteiger partial charge is 0.143 e. The quantitative estimate of drug-likeness (QED) is 0.148. The molecule has 208 valence electrons. The predicted molar refractivity (Wildman–Crippen MR) is 190 cm³/mol. The van der Waals surface area contributed by atoms with Gasteiger partial charge in [-0.25, -0.2) is 0 Å². The molecule has 1 nitrogen and oxygen atoms in total. The minimum Gasteiger partial charge on any atom is -0.455 e. The normalized spacial score (nSPS) is 12.2. The van der Waals surface area contributed by atoms with Crippen molar-refractivity contribution in [2.24, 2.45) is 0 Å². The second kappa shape index (κ2) is 9.29. The molecule has 10 rings (SSSR count). The minimum atomic E-state index is 0.915. The van der Waals surface area contributed by atoms with Gasteiger partial charge in [0.2, 0.25) is 0 Å². The zero-order valence-corrected chi connectivity index (χ0v) is 24.4. The van der Waals surface area contributed by atoms with Crippen molar-refractivity contribution < 1.29 is 4.74 Å². The van der Waals surface area contributed by atoms with Crippen LogP contribution in [0.15, 0.2) is 158 Å². The lowest BCUT2D eigenvalue weighted by Gasteiger charge is -2.24. The lowest BCUT2D eigenvalue weighted by Crippen LogP contribution is -1.99. The van der Waals surface area contributed by atoms with Crippen molar-refractivity contribution in [1.82, 2.24) is 0 Å². The van der Waals surface area contributed by atoms with E-state index in [0.29, 0.717) is 0 Å². The number of ether oxygens (including phenoxy) is 1. The van der Waals surface area contributed by atoms with Crippen LogP contribution in [-0.4, -0.2) is 0 Å². The molecule has 0 amide bonds. The zero-order chi connectivity index (χ0) is 29.5. The second-order valence-corrected chi connectivity index (χ2v) is 12.0. The molecular weight excluding hydrogens is 544 g/mol. The van der Waals surface area contributed by atoms with Crippen LogP contribution in [0.4, 0.5) is 0 Å². The summed E-state index contributed by atoms with van der Waals surface area (Å²) >= 11 is 0. The molecule has 1 heteroatoms. The van der Waals surface area contributed by atoms with Crippen LogP contribution in [0.2, 0.25) is 0 Å². The average molecular weight is 571 g/mol. The molecule has 9 aromatic carbocycles. The van der Waals surface area contributed by atoms with Gasteiger partial charge >= 0.3 is 0 Å². The lowest BCUT2D eigenvalue weighted by atomic mass is 9.86. The fourth-order valence-corrected chi connectivity index (χ4v) is 7.65. The summed E-state index contributed by atoms with van der Waals surface area (Å²) in [5, 5.41) is 12.3. The van der Waals surface area contributed by atoms with Crippen molar-refractivity contribution >= 4 is 53.9 Å². The Labute approximate surface area is 260 Å². The molecule has 45 heavy (non-hydrogen) atoms. The first-order chi connectivity index (χ1) is 22.3. The molecule has 1 aliphatic heterocycles. The fraction of sp³-hybridized carbons (Fsp3) is 0. The van der Waals surface area contributed by atoms with Gasteiger partial charge in [0.1, 0.15) is 11.5 Å². The molecule has 0 unspecified atom stereocenters. The van der Waals surface area contributed by atoms with E-state index in [1.807, 2.05) is 0 Å². The Hall–Kier alpha value is -5.92. The molecule has 0 aromatic heterocycles. The fourth-order valence-electron chi connectivity index (χ4n) is 7.65. The van der Waals surface area contributed by atoms with Gasteiger partial charge in [0.25, 0.3) is 0 Å². The van der Waals surface area contributed by atoms with Crippen LogP contribution in [0.5, 0.6) is 11.5 Å². The number of fused-ring (bicyclic) bond motifs is 8. The minimum absolute atomic E-state index is 0.915. The summed E-state index contributed by atoms with van der Waals surface area (Å²) in [5.41, 5.74) is 7.36. The van der Waals surface area contributed by atoms with Crippen molar-refractivity contribution in [3.8, 4) is 44.9 Å². The third kappa shape index (κ3) is 3.50. The highest BCUT2D eigenvalue weighted by molar-refractivity contribution is 6.23. The predicted octanol–water partition coefficient (Wildman–Crippen LogP) is 12.6. The summed E-state index contributed by atoms with van der Waals surface area (Å²) in [4.78, 5) is 0. The molecular formula is C44H26O. The van der Waals surface area contributed by atoms with Gasteiger partial charge in [-0.2, -0.15) is 0 Å². The van der Waals surface area contributed by atoms with Gasteiger partial charge in [-0.15, -0.1) is 0 Å². The monoisotopic (exact) mass is 570 g/mol. The van der Waals surface area contributed by atoms with E-state index in [1.165, 1.54) is 76.3 Å². The third-order valence-electron chi connectivity index (χ3n) is 9.64. The van der Waals surface area contributed by atoms with Crippen LogP contribution >= 0.6 is 0 Å². The van der Waals surface area contributed by atoms with E-state index in [1.54, 1.807) is 0 Å². The van der Waals surface area contributed by atoms with Crippen molar-refractivity contribution in [2.75, 3.05) is 0 Å². The molecule has 0 aliphatic carbocycles. The number of benzene rings is 9. The number of hydrogen-bond donors (Lipinski definition) is 0. The van der Waals surface area contributed by atoms with Gasteiger partial charge in [0.05, 0.1) is 0 Å². The van der Waals surface area contributed by atoms with E-state index in [0.717, 1.165) is 22.4 Å². The molecule has 0 spiro atoms. The van der Waals surface area contributed by atoms with Crippen LogP contribution < -0.4 is 4.74 Å². The zero-order valence-electron chi connectivity index (χ0n) is 24.4. The van der Waals surface area contributed by atoms with Gasteiger partial charge in [-0.05, 0) is 89.1 Å². The maximum atomic E-state index is 6.69. The Morgan fingerprint density at radius 3 is 1.89 bits per heavy atom. The number of hydrogen-bond acceptors (Lipinski definition) is 1. The van der Waals surface area contributed by atoms with Gasteiger partial charge < -0.3 is 4.74 Å². The Morgan fingerprint density at radius 1 is 0.333 bits per heavy atom. The van der Waals surface area contributed by atoms with Gasteiger partial charge in [0.15, 0.2) is 0 Å². The van der Waals surface area contributed by atoms with Crippen molar-refractivity contribution in [1.29, 1.82) is 0 Å². The Balaban J connectivity index is 1.24. The molecule has 0 atom stereocenters. The first kappa shape index (κ1) is 24.5. The van der Waals surface area contributed by atoms with E-state index in [2.05, 4.69) is 158 Å². The molecule has 0 saturated carbocycles. The Kier molecular flexibility index (Phi) is 5.06. The topological polar surface area (TPSA) is 9.23 Å². The molecule has 1 heterocycles. The van der Waals surface area contributed by atoms with E-state index in [-0.39, 0.29) is 0 Å². The van der Waals surface area contributed by atoms with Crippen LogP contribution in [0, 0.1) is 0 Å². The average Bonchev–Trinajstić information content (AvgIpc) is 3.11. The summed E-state index contributed by atoms with van der Waals surface area (Å²) in [6, 6.07) is 57.3. The second-order valence-electron chi connectivity index (χ2n) is 12.0. The summed E-state index contributed by atoms with van der Waals surface area (Å²) in [6.07, 6.45) is 0. The van der Waals surface area contributed by atoms with Crippen LogP contribution in [-0.2, 0) is 0 Å². The molecule has 0 bridgehead atoms. The van der Waals surface area contributed by atoms with Crippen molar-refractivity contribution in [3.63, 3.8) is 0 Å². The van der Waals surface area contributed by atoms with E-state index in [9.17, 15) is 0 Å². The maximum absolute atomic E-state index is 6.69. The van der Waals surface area contributed by atoms with E-state index < -0.39 is 0 Å². The summed E-state index contributed by atoms with van der Waals surface area (Å²) in [6.45, 7) is 0. The summed E-state index contributed by atoms with van der Waals surface area (Å²) in [7, 11) is 0. The van der Waals surface area contributed by atoms with Crippen LogP contribution in [0.25, 0.3) is 87.2 Å². The molecule has 0 radical (unpaired) electrons. The van der Waals surface area contributed by atoms with Gasteiger partial charge in [0, 0.05) is 16.3 Å². The SMILES string of the molecule is c1ccc(-c2c3ccccc3cc3c2ccc2c(-c4ccc5c6c(cccc46)-c4ccc6ccccc6c4O5)cccc23)cc1. The standard InChI is InChI=1S/C44H26O/c1-2-11-28(12-3-1)42-30-14-6-5-13-29(30)26-40-33-17-8-16-32(34(33)22-23-38(40)42)35-24-25-41-43-36(35)18-9-19-37(43)39-21-20-27-10-4-7-15-31(27)44(39)45-41/h1-26H. The van der Waals surface area contributed by atoms with E-state index in [4.69, 9.17) is 4.74 Å². The highest BCUT2D eigenvalue weighted by atomic mass is 16.5. The van der Waals surface area contributed by atoms with E-state index >= 15 is 0 Å². The lowest BCUT2D eigenvalue weighted by molar-refractivity contribution is 0.493. The number of rotatable bonds is 2. The highest BCUT2D eigenvalue weighted by Crippen LogP contribution is 2.51. The summed E-state index contributed by atoms with van der Waals surface area (Å²) in [5.74, 6) is 1.86. The van der Waals surface area contributed by atoms with Crippen LogP contribution in [0.3, 0.4) is 0 Å². The molecule has 1 aliphatic rings. The van der Waals surface area contributed by atoms with Crippen molar-refractivity contribution in [3.05, 3.63) is 158 Å². The van der Waals surface area contributed by atoms with Crippen molar-refractivity contribution in [2.45, 2.75) is 0 Å². The molecule has 0 saturated heterocycles. The first-order valence-electron chi connectivity index (χ1n) is 15.5. The largest absolute Gasteiger partial charge is 0.455 e. The third-order valence-corrected chi connectivity index (χ3v) is 9.64. The van der Waals surface area contributed by atoms with Crippen LogP contribution in [0.1, 0.15) is 0 Å². The molecule has 0 fully saturated rings.